The molecule has 2 heterocycles. The number of fused-ring (bicyclic) bond motifs is 1. The summed E-state index contributed by atoms with van der Waals surface area (Å²) < 4.78 is 7.56. The molecule has 1 aromatic heterocycles. The van der Waals surface area contributed by atoms with E-state index in [1.807, 2.05) is 24.3 Å². The number of aromatic nitrogens is 2. The molecular weight excluding hydrogens is 460 g/mol. The molecule has 0 unspecified atom stereocenters. The van der Waals surface area contributed by atoms with Gasteiger partial charge in [-0.15, -0.1) is 0 Å². The van der Waals surface area contributed by atoms with E-state index in [1.54, 1.807) is 31.0 Å². The Labute approximate surface area is 180 Å². The van der Waals surface area contributed by atoms with Crippen LogP contribution in [0, 0.1) is 0 Å². The monoisotopic (exact) mass is 476 g/mol. The molecule has 0 bridgehead atoms. The quantitative estimate of drug-likeness (QED) is 0.560. The third-order valence-electron chi connectivity index (χ3n) is 4.96. The Hall–Kier alpha value is -2.58. The summed E-state index contributed by atoms with van der Waals surface area (Å²) in [4.78, 5) is 28.5. The van der Waals surface area contributed by atoms with Gasteiger partial charge in [0.05, 0.1) is 29.6 Å². The van der Waals surface area contributed by atoms with E-state index in [4.69, 9.17) is 16.3 Å². The topological polar surface area (TPSA) is 67.7 Å². The molecule has 7 nitrogen and oxygen atoms in total. The standard InChI is InChI=1S/C20H18BrClN4O3/c1-24-15-8-7-14(21)18(22)17(15)19(23-24)25-10-9-16(27)26(20(25)28)11-12-3-5-13(29-2)6-4-12/h3-8H,9-11H2,1-2H3. The number of carbonyl (C=O) groups excluding carboxylic acids is 2. The number of anilines is 1. The molecule has 0 atom stereocenters. The van der Waals surface area contributed by atoms with Crippen molar-refractivity contribution in [3.63, 3.8) is 0 Å². The van der Waals surface area contributed by atoms with Gasteiger partial charge in [-0.3, -0.25) is 19.3 Å². The first-order valence-corrected chi connectivity index (χ1v) is 10.1. The van der Waals surface area contributed by atoms with Crippen LogP contribution in [0.15, 0.2) is 40.9 Å². The second-order valence-electron chi connectivity index (χ2n) is 6.71. The van der Waals surface area contributed by atoms with Crippen LogP contribution in [0.2, 0.25) is 5.02 Å². The van der Waals surface area contributed by atoms with Gasteiger partial charge in [0.1, 0.15) is 5.75 Å². The number of rotatable bonds is 4. The normalized spacial score (nSPS) is 14.8. The number of aryl methyl sites for hydroxylation is 1. The van der Waals surface area contributed by atoms with Gasteiger partial charge in [-0.2, -0.15) is 5.10 Å². The number of carbonyl (C=O) groups is 2. The maximum atomic E-state index is 13.2. The number of urea groups is 1. The summed E-state index contributed by atoms with van der Waals surface area (Å²) in [5, 5.41) is 5.68. The minimum absolute atomic E-state index is 0.181. The molecule has 29 heavy (non-hydrogen) atoms. The first-order valence-electron chi connectivity index (χ1n) is 8.96. The maximum Gasteiger partial charge on any atom is 0.332 e. The molecule has 2 aromatic carbocycles. The van der Waals surface area contributed by atoms with Crippen LogP contribution >= 0.6 is 27.5 Å². The third kappa shape index (κ3) is 3.47. The van der Waals surface area contributed by atoms with Crippen molar-refractivity contribution >= 4 is 56.2 Å². The van der Waals surface area contributed by atoms with Gasteiger partial charge < -0.3 is 4.74 Å². The molecule has 3 aromatic rings. The lowest BCUT2D eigenvalue weighted by Crippen LogP contribution is -2.52. The Morgan fingerprint density at radius 1 is 1.17 bits per heavy atom. The summed E-state index contributed by atoms with van der Waals surface area (Å²) in [5.74, 6) is 0.951. The van der Waals surface area contributed by atoms with Gasteiger partial charge >= 0.3 is 6.03 Å². The van der Waals surface area contributed by atoms with Crippen molar-refractivity contribution in [3.05, 3.63) is 51.5 Å². The largest absolute Gasteiger partial charge is 0.497 e. The molecule has 1 saturated heterocycles. The van der Waals surface area contributed by atoms with Crippen LogP contribution < -0.4 is 9.64 Å². The summed E-state index contributed by atoms with van der Waals surface area (Å²) in [6.07, 6.45) is 0.214. The molecule has 3 amide bonds. The molecule has 0 radical (unpaired) electrons. The molecule has 0 spiro atoms. The van der Waals surface area contributed by atoms with E-state index in [0.29, 0.717) is 22.0 Å². The Balaban J connectivity index is 1.69. The van der Waals surface area contributed by atoms with E-state index in [1.165, 1.54) is 9.80 Å². The Kier molecular flexibility index (Phi) is 5.23. The Morgan fingerprint density at radius 3 is 2.59 bits per heavy atom. The fraction of sp³-hybridized carbons (Fsp3) is 0.250. The fourth-order valence-corrected chi connectivity index (χ4v) is 3.99. The zero-order valence-electron chi connectivity index (χ0n) is 15.9. The van der Waals surface area contributed by atoms with Crippen LogP contribution in [-0.2, 0) is 18.4 Å². The van der Waals surface area contributed by atoms with Gasteiger partial charge in [0.2, 0.25) is 5.91 Å². The van der Waals surface area contributed by atoms with Gasteiger partial charge in [0.25, 0.3) is 0 Å². The number of nitrogens with zero attached hydrogens (tertiary/aromatic N) is 4. The van der Waals surface area contributed by atoms with E-state index in [-0.39, 0.29) is 25.4 Å². The van der Waals surface area contributed by atoms with E-state index in [9.17, 15) is 9.59 Å². The fourth-order valence-electron chi connectivity index (χ4n) is 3.41. The van der Waals surface area contributed by atoms with Gasteiger partial charge in [-0.1, -0.05) is 23.7 Å². The number of halogens is 2. The predicted octanol–water partition coefficient (Wildman–Crippen LogP) is 4.36. The van der Waals surface area contributed by atoms with Crippen LogP contribution in [0.25, 0.3) is 10.9 Å². The van der Waals surface area contributed by atoms with Crippen molar-refractivity contribution < 1.29 is 14.3 Å². The summed E-state index contributed by atoms with van der Waals surface area (Å²) in [5.41, 5.74) is 1.64. The number of hydrogen-bond acceptors (Lipinski definition) is 4. The highest BCUT2D eigenvalue weighted by Crippen LogP contribution is 2.38. The van der Waals surface area contributed by atoms with E-state index in [2.05, 4.69) is 21.0 Å². The number of hydrogen-bond donors (Lipinski definition) is 0. The zero-order valence-corrected chi connectivity index (χ0v) is 18.2. The average molecular weight is 478 g/mol. The summed E-state index contributed by atoms with van der Waals surface area (Å²) in [7, 11) is 3.38. The van der Waals surface area contributed by atoms with E-state index >= 15 is 0 Å². The van der Waals surface area contributed by atoms with Gasteiger partial charge in [0, 0.05) is 24.5 Å². The summed E-state index contributed by atoms with van der Waals surface area (Å²) in [6, 6.07) is 10.6. The van der Waals surface area contributed by atoms with Gasteiger partial charge in [-0.05, 0) is 45.8 Å². The molecule has 0 saturated carbocycles. The number of amides is 3. The first-order chi connectivity index (χ1) is 13.9. The van der Waals surface area contributed by atoms with Crippen molar-refractivity contribution in [1.82, 2.24) is 14.7 Å². The average Bonchev–Trinajstić information content (AvgIpc) is 3.05. The van der Waals surface area contributed by atoms with E-state index < -0.39 is 6.03 Å². The second-order valence-corrected chi connectivity index (χ2v) is 7.95. The minimum atomic E-state index is -0.409. The summed E-state index contributed by atoms with van der Waals surface area (Å²) >= 11 is 9.93. The summed E-state index contributed by atoms with van der Waals surface area (Å²) in [6.45, 7) is 0.437. The molecule has 1 aliphatic rings. The highest BCUT2D eigenvalue weighted by atomic mass is 79.9. The third-order valence-corrected chi connectivity index (χ3v) is 6.24. The van der Waals surface area contributed by atoms with Gasteiger partial charge in [-0.25, -0.2) is 4.79 Å². The van der Waals surface area contributed by atoms with Crippen LogP contribution in [0.3, 0.4) is 0 Å². The predicted molar refractivity (Wildman–Crippen MR) is 114 cm³/mol. The lowest BCUT2D eigenvalue weighted by molar-refractivity contribution is -0.129. The second kappa shape index (κ2) is 7.68. The Bertz CT molecular complexity index is 1110. The highest BCUT2D eigenvalue weighted by Gasteiger charge is 2.35. The van der Waals surface area contributed by atoms with Crippen LogP contribution in [-0.4, -0.2) is 40.3 Å². The molecule has 1 fully saturated rings. The van der Waals surface area contributed by atoms with Crippen molar-refractivity contribution in [1.29, 1.82) is 0 Å². The number of benzene rings is 2. The van der Waals surface area contributed by atoms with Crippen LogP contribution in [0.4, 0.5) is 10.6 Å². The minimum Gasteiger partial charge on any atom is -0.497 e. The van der Waals surface area contributed by atoms with Crippen molar-refractivity contribution in [2.24, 2.45) is 7.05 Å². The van der Waals surface area contributed by atoms with E-state index in [0.717, 1.165) is 15.6 Å². The smallest absolute Gasteiger partial charge is 0.332 e. The molecular formula is C20H18BrClN4O3. The SMILES string of the molecule is COc1ccc(CN2C(=O)CCN(c3nn(C)c4ccc(Br)c(Cl)c34)C2=O)cc1. The molecule has 4 rings (SSSR count). The lowest BCUT2D eigenvalue weighted by atomic mass is 10.1. The first kappa shape index (κ1) is 19.7. The molecule has 9 heteroatoms. The zero-order chi connectivity index (χ0) is 20.7. The van der Waals surface area contributed by atoms with Crippen molar-refractivity contribution in [2.75, 3.05) is 18.6 Å². The molecule has 150 valence electrons. The molecule has 1 aliphatic heterocycles. The number of imide groups is 1. The Morgan fingerprint density at radius 2 is 1.90 bits per heavy atom. The van der Waals surface area contributed by atoms with Crippen molar-refractivity contribution in [2.45, 2.75) is 13.0 Å². The van der Waals surface area contributed by atoms with Crippen molar-refractivity contribution in [3.8, 4) is 5.75 Å². The number of methoxy groups -OCH3 is 1. The number of ether oxygens (including phenoxy) is 1. The lowest BCUT2D eigenvalue weighted by Gasteiger charge is -2.33. The molecule has 0 N–H and O–H groups in total. The highest BCUT2D eigenvalue weighted by molar-refractivity contribution is 9.10. The van der Waals surface area contributed by atoms with Crippen LogP contribution in [0.1, 0.15) is 12.0 Å². The van der Waals surface area contributed by atoms with Gasteiger partial charge in [0.15, 0.2) is 5.82 Å². The molecule has 0 aliphatic carbocycles. The maximum absolute atomic E-state index is 13.2. The van der Waals surface area contributed by atoms with Crippen LogP contribution in [0.5, 0.6) is 5.75 Å².